The van der Waals surface area contributed by atoms with Crippen molar-refractivity contribution in [3.63, 3.8) is 0 Å². The van der Waals surface area contributed by atoms with Crippen LogP contribution in [0.15, 0.2) is 12.1 Å². The number of fused-ring (bicyclic) bond motifs is 1. The molecule has 0 amide bonds. The summed E-state index contributed by atoms with van der Waals surface area (Å²) in [7, 11) is 0. The van der Waals surface area contributed by atoms with Gasteiger partial charge in [-0.05, 0) is 12.1 Å². The molecule has 2 heterocycles. The van der Waals surface area contributed by atoms with E-state index in [2.05, 4.69) is 9.97 Å². The predicted molar refractivity (Wildman–Crippen MR) is 71.2 cm³/mol. The highest BCUT2D eigenvalue weighted by atomic mass is 19.1. The molecule has 1 aromatic carbocycles. The SMILES string of the molecule is N#Cc1c(N)nc(N)nc1-c1cc(F)cc2c1OCOC2. The van der Waals surface area contributed by atoms with Crippen LogP contribution < -0.4 is 16.2 Å². The Labute approximate surface area is 118 Å². The van der Waals surface area contributed by atoms with Crippen LogP contribution in [0.1, 0.15) is 11.1 Å². The third-order valence-corrected chi connectivity index (χ3v) is 3.00. The van der Waals surface area contributed by atoms with Gasteiger partial charge in [-0.25, -0.2) is 9.37 Å². The highest BCUT2D eigenvalue weighted by Crippen LogP contribution is 2.38. The van der Waals surface area contributed by atoms with Crippen molar-refractivity contribution in [2.24, 2.45) is 0 Å². The average Bonchev–Trinajstić information content (AvgIpc) is 2.45. The molecule has 0 saturated heterocycles. The molecule has 0 spiro atoms. The van der Waals surface area contributed by atoms with E-state index in [4.69, 9.17) is 20.9 Å². The van der Waals surface area contributed by atoms with Gasteiger partial charge in [-0.3, -0.25) is 0 Å². The maximum Gasteiger partial charge on any atom is 0.222 e. The molecule has 8 heteroatoms. The van der Waals surface area contributed by atoms with Gasteiger partial charge in [-0.15, -0.1) is 0 Å². The first-order chi connectivity index (χ1) is 10.1. The molecule has 1 aliphatic heterocycles. The summed E-state index contributed by atoms with van der Waals surface area (Å²) in [6.07, 6.45) is 0. The van der Waals surface area contributed by atoms with E-state index >= 15 is 0 Å². The number of nitriles is 1. The zero-order valence-corrected chi connectivity index (χ0v) is 10.8. The first-order valence-electron chi connectivity index (χ1n) is 5.96. The molecular formula is C13H10FN5O2. The van der Waals surface area contributed by atoms with E-state index < -0.39 is 5.82 Å². The molecule has 0 unspecified atom stereocenters. The zero-order valence-electron chi connectivity index (χ0n) is 10.8. The van der Waals surface area contributed by atoms with Gasteiger partial charge in [0, 0.05) is 11.1 Å². The number of ether oxygens (including phenoxy) is 2. The Hall–Kier alpha value is -2.92. The Balaban J connectivity index is 2.31. The molecule has 106 valence electrons. The summed E-state index contributed by atoms with van der Waals surface area (Å²) >= 11 is 0. The molecule has 7 nitrogen and oxygen atoms in total. The fourth-order valence-corrected chi connectivity index (χ4v) is 2.16. The molecule has 0 fully saturated rings. The normalized spacial score (nSPS) is 13.1. The molecule has 1 aliphatic rings. The fraction of sp³-hybridized carbons (Fsp3) is 0.154. The minimum Gasteiger partial charge on any atom is -0.466 e. The highest BCUT2D eigenvalue weighted by Gasteiger charge is 2.22. The van der Waals surface area contributed by atoms with Gasteiger partial charge in [0.2, 0.25) is 5.95 Å². The van der Waals surface area contributed by atoms with Crippen LogP contribution in [-0.4, -0.2) is 16.8 Å². The number of nitrogens with two attached hydrogens (primary N) is 2. The first-order valence-corrected chi connectivity index (χ1v) is 5.96. The van der Waals surface area contributed by atoms with Gasteiger partial charge in [0.25, 0.3) is 0 Å². The molecule has 0 radical (unpaired) electrons. The van der Waals surface area contributed by atoms with E-state index in [0.29, 0.717) is 16.9 Å². The summed E-state index contributed by atoms with van der Waals surface area (Å²) in [6.45, 7) is 0.238. The summed E-state index contributed by atoms with van der Waals surface area (Å²) in [4.78, 5) is 7.73. The lowest BCUT2D eigenvalue weighted by Crippen LogP contribution is -2.13. The van der Waals surface area contributed by atoms with Crippen LogP contribution in [0.3, 0.4) is 0 Å². The lowest BCUT2D eigenvalue weighted by Gasteiger charge is -2.21. The Bertz CT molecular complexity index is 772. The number of aromatic nitrogens is 2. The summed E-state index contributed by atoms with van der Waals surface area (Å²) in [6, 6.07) is 4.42. The van der Waals surface area contributed by atoms with Crippen molar-refractivity contribution in [2.75, 3.05) is 18.3 Å². The number of hydrogen-bond acceptors (Lipinski definition) is 7. The first kappa shape index (κ1) is 13.1. The predicted octanol–water partition coefficient (Wildman–Crippen LogP) is 1.19. The van der Waals surface area contributed by atoms with Crippen molar-refractivity contribution in [1.29, 1.82) is 5.26 Å². The van der Waals surface area contributed by atoms with Crippen LogP contribution >= 0.6 is 0 Å². The van der Waals surface area contributed by atoms with Crippen molar-refractivity contribution < 1.29 is 13.9 Å². The van der Waals surface area contributed by atoms with E-state index in [9.17, 15) is 9.65 Å². The summed E-state index contributed by atoms with van der Waals surface area (Å²) in [5.41, 5.74) is 12.2. The van der Waals surface area contributed by atoms with Crippen LogP contribution in [0.4, 0.5) is 16.2 Å². The quantitative estimate of drug-likeness (QED) is 0.808. The molecular weight excluding hydrogens is 277 g/mol. The maximum atomic E-state index is 13.8. The van der Waals surface area contributed by atoms with E-state index in [-0.39, 0.29) is 36.4 Å². The van der Waals surface area contributed by atoms with E-state index in [1.165, 1.54) is 12.1 Å². The van der Waals surface area contributed by atoms with Gasteiger partial charge in [-0.1, -0.05) is 0 Å². The second-order valence-electron chi connectivity index (χ2n) is 4.35. The molecule has 0 aliphatic carbocycles. The molecule has 21 heavy (non-hydrogen) atoms. The maximum absolute atomic E-state index is 13.8. The molecule has 4 N–H and O–H groups in total. The van der Waals surface area contributed by atoms with Crippen molar-refractivity contribution in [3.8, 4) is 23.1 Å². The second-order valence-corrected chi connectivity index (χ2v) is 4.35. The van der Waals surface area contributed by atoms with Crippen molar-refractivity contribution in [1.82, 2.24) is 9.97 Å². The Morgan fingerprint density at radius 2 is 2.10 bits per heavy atom. The molecule has 1 aromatic heterocycles. The van der Waals surface area contributed by atoms with Crippen molar-refractivity contribution in [2.45, 2.75) is 6.61 Å². The lowest BCUT2D eigenvalue weighted by molar-refractivity contribution is -0.0161. The zero-order chi connectivity index (χ0) is 15.0. The minimum absolute atomic E-state index is 0.0205. The van der Waals surface area contributed by atoms with Gasteiger partial charge in [-0.2, -0.15) is 10.2 Å². The smallest absolute Gasteiger partial charge is 0.222 e. The number of anilines is 2. The Morgan fingerprint density at radius 3 is 2.86 bits per heavy atom. The van der Waals surface area contributed by atoms with E-state index in [1.807, 2.05) is 6.07 Å². The van der Waals surface area contributed by atoms with Gasteiger partial charge in [0.05, 0.1) is 12.3 Å². The molecule has 2 aromatic rings. The van der Waals surface area contributed by atoms with Crippen LogP contribution in [0.5, 0.6) is 5.75 Å². The average molecular weight is 287 g/mol. The van der Waals surface area contributed by atoms with Gasteiger partial charge >= 0.3 is 0 Å². The number of halogens is 1. The number of hydrogen-bond donors (Lipinski definition) is 2. The van der Waals surface area contributed by atoms with E-state index in [0.717, 1.165) is 0 Å². The molecule has 0 atom stereocenters. The molecule has 3 rings (SSSR count). The van der Waals surface area contributed by atoms with Crippen molar-refractivity contribution in [3.05, 3.63) is 29.1 Å². The topological polar surface area (TPSA) is 120 Å². The monoisotopic (exact) mass is 287 g/mol. The highest BCUT2D eigenvalue weighted by molar-refractivity contribution is 5.78. The standard InChI is InChI=1S/C13H10FN5O2/c14-7-1-6-4-20-5-21-11(6)8(2-7)10-9(3-15)12(16)19-13(17)18-10/h1-2H,4-5H2,(H4,16,17,18,19). The number of nitrogen functional groups attached to an aromatic ring is 2. The summed E-state index contributed by atoms with van der Waals surface area (Å²) in [5, 5.41) is 9.21. The second kappa shape index (κ2) is 4.88. The van der Waals surface area contributed by atoms with Gasteiger partial charge in [0.15, 0.2) is 6.79 Å². The number of rotatable bonds is 1. The molecule has 0 bridgehead atoms. The van der Waals surface area contributed by atoms with Crippen LogP contribution in [0, 0.1) is 17.1 Å². The van der Waals surface area contributed by atoms with Crippen LogP contribution in [-0.2, 0) is 11.3 Å². The third-order valence-electron chi connectivity index (χ3n) is 3.00. The Kier molecular flexibility index (Phi) is 3.04. The fourth-order valence-electron chi connectivity index (χ4n) is 2.16. The number of nitrogens with zero attached hydrogens (tertiary/aromatic N) is 3. The Morgan fingerprint density at radius 1 is 1.29 bits per heavy atom. The molecule has 0 saturated carbocycles. The number of benzene rings is 1. The van der Waals surface area contributed by atoms with Gasteiger partial charge in [0.1, 0.15) is 29.0 Å². The third kappa shape index (κ3) is 2.19. The summed E-state index contributed by atoms with van der Waals surface area (Å²) in [5.74, 6) is -0.272. The van der Waals surface area contributed by atoms with Crippen LogP contribution in [0.25, 0.3) is 11.3 Å². The van der Waals surface area contributed by atoms with Crippen LogP contribution in [0.2, 0.25) is 0 Å². The van der Waals surface area contributed by atoms with Gasteiger partial charge < -0.3 is 20.9 Å². The van der Waals surface area contributed by atoms with E-state index in [1.54, 1.807) is 0 Å². The largest absolute Gasteiger partial charge is 0.466 e. The van der Waals surface area contributed by atoms with Crippen molar-refractivity contribution >= 4 is 11.8 Å². The summed E-state index contributed by atoms with van der Waals surface area (Å²) < 4.78 is 24.3. The lowest BCUT2D eigenvalue weighted by atomic mass is 10.0. The minimum atomic E-state index is -0.502.